The van der Waals surface area contributed by atoms with Crippen LogP contribution in [0.3, 0.4) is 0 Å². The highest BCUT2D eigenvalue weighted by molar-refractivity contribution is 9.10. The van der Waals surface area contributed by atoms with Crippen LogP contribution in [0.5, 0.6) is 5.75 Å². The molecule has 0 saturated heterocycles. The van der Waals surface area contributed by atoms with E-state index in [0.717, 1.165) is 31.0 Å². The lowest BCUT2D eigenvalue weighted by atomic mass is 10.3. The molecule has 0 aliphatic heterocycles. The van der Waals surface area contributed by atoms with Gasteiger partial charge in [0.15, 0.2) is 0 Å². The highest BCUT2D eigenvalue weighted by Crippen LogP contribution is 2.35. The molecule has 5 heteroatoms. The summed E-state index contributed by atoms with van der Waals surface area (Å²) in [5, 5.41) is 1.11. The summed E-state index contributed by atoms with van der Waals surface area (Å²) in [6, 6.07) is 10.1. The average molecular weight is 335 g/mol. The van der Waals surface area contributed by atoms with Crippen molar-refractivity contribution in [2.24, 2.45) is 0 Å². The van der Waals surface area contributed by atoms with Crippen LogP contribution < -0.4 is 4.74 Å². The SMILES string of the molecule is COc1cccc(Sc2c[nH]c3ncc(Br)cc23)c1. The van der Waals surface area contributed by atoms with E-state index in [4.69, 9.17) is 4.74 Å². The van der Waals surface area contributed by atoms with Gasteiger partial charge in [0.2, 0.25) is 0 Å². The van der Waals surface area contributed by atoms with Crippen LogP contribution in [-0.4, -0.2) is 17.1 Å². The Balaban J connectivity index is 1.98. The van der Waals surface area contributed by atoms with Gasteiger partial charge in [-0.15, -0.1) is 0 Å². The molecule has 0 spiro atoms. The fourth-order valence-electron chi connectivity index (χ4n) is 1.83. The first-order chi connectivity index (χ1) is 9.26. The lowest BCUT2D eigenvalue weighted by Crippen LogP contribution is -1.82. The first kappa shape index (κ1) is 12.6. The van der Waals surface area contributed by atoms with Gasteiger partial charge in [-0.05, 0) is 40.2 Å². The minimum Gasteiger partial charge on any atom is -0.497 e. The topological polar surface area (TPSA) is 37.9 Å². The van der Waals surface area contributed by atoms with Gasteiger partial charge in [-0.1, -0.05) is 17.8 Å². The Bertz CT molecular complexity index is 726. The number of aromatic amines is 1. The van der Waals surface area contributed by atoms with Gasteiger partial charge >= 0.3 is 0 Å². The van der Waals surface area contributed by atoms with Crippen LogP contribution in [0.15, 0.2) is 57.0 Å². The molecule has 0 saturated carbocycles. The number of H-pyrrole nitrogens is 1. The molecule has 0 bridgehead atoms. The molecule has 3 nitrogen and oxygen atoms in total. The summed E-state index contributed by atoms with van der Waals surface area (Å²) in [6.45, 7) is 0. The molecule has 0 atom stereocenters. The molecule has 96 valence electrons. The Hall–Kier alpha value is -1.46. The van der Waals surface area contributed by atoms with Crippen LogP contribution in [0, 0.1) is 0 Å². The molecule has 2 aromatic heterocycles. The van der Waals surface area contributed by atoms with Crippen LogP contribution >= 0.6 is 27.7 Å². The number of hydrogen-bond donors (Lipinski definition) is 1. The van der Waals surface area contributed by atoms with Crippen LogP contribution in [0.25, 0.3) is 11.0 Å². The van der Waals surface area contributed by atoms with Crippen molar-refractivity contribution in [3.63, 3.8) is 0 Å². The van der Waals surface area contributed by atoms with E-state index in [-0.39, 0.29) is 0 Å². The predicted octanol–water partition coefficient (Wildman–Crippen LogP) is 4.49. The highest BCUT2D eigenvalue weighted by atomic mass is 79.9. The molecule has 0 aliphatic rings. The summed E-state index contributed by atoms with van der Waals surface area (Å²) >= 11 is 5.14. The molecule has 19 heavy (non-hydrogen) atoms. The van der Waals surface area contributed by atoms with Gasteiger partial charge in [-0.25, -0.2) is 4.98 Å². The van der Waals surface area contributed by atoms with Crippen molar-refractivity contribution < 1.29 is 4.74 Å². The summed E-state index contributed by atoms with van der Waals surface area (Å²) in [7, 11) is 1.68. The molecule has 1 N–H and O–H groups in total. The van der Waals surface area contributed by atoms with Crippen molar-refractivity contribution in [1.82, 2.24) is 9.97 Å². The maximum absolute atomic E-state index is 5.24. The summed E-state index contributed by atoms with van der Waals surface area (Å²) in [5.74, 6) is 0.865. The summed E-state index contributed by atoms with van der Waals surface area (Å²) in [4.78, 5) is 9.81. The number of hydrogen-bond acceptors (Lipinski definition) is 3. The van der Waals surface area contributed by atoms with E-state index >= 15 is 0 Å². The maximum Gasteiger partial charge on any atom is 0.138 e. The van der Waals surface area contributed by atoms with Crippen LogP contribution in [0.1, 0.15) is 0 Å². The van der Waals surface area contributed by atoms with Crippen LogP contribution in [-0.2, 0) is 0 Å². The second kappa shape index (κ2) is 5.27. The third kappa shape index (κ3) is 2.62. The molecular formula is C14H11BrN2OS. The Morgan fingerprint density at radius 3 is 3.05 bits per heavy atom. The molecule has 2 heterocycles. The van der Waals surface area contributed by atoms with Crippen LogP contribution in [0.4, 0.5) is 0 Å². The smallest absolute Gasteiger partial charge is 0.138 e. The van der Waals surface area contributed by atoms with Gasteiger partial charge < -0.3 is 9.72 Å². The normalized spacial score (nSPS) is 10.8. The van der Waals surface area contributed by atoms with E-state index in [1.165, 1.54) is 0 Å². The number of methoxy groups -OCH3 is 1. The number of nitrogens with zero attached hydrogens (tertiary/aromatic N) is 1. The van der Waals surface area contributed by atoms with E-state index < -0.39 is 0 Å². The highest BCUT2D eigenvalue weighted by Gasteiger charge is 2.07. The monoisotopic (exact) mass is 334 g/mol. The molecule has 0 fully saturated rings. The molecule has 3 aromatic rings. The van der Waals surface area contributed by atoms with E-state index in [1.54, 1.807) is 25.1 Å². The van der Waals surface area contributed by atoms with Crippen molar-refractivity contribution in [2.75, 3.05) is 7.11 Å². The third-order valence-electron chi connectivity index (χ3n) is 2.73. The minimum atomic E-state index is 0.865. The van der Waals surface area contributed by atoms with E-state index in [0.29, 0.717) is 0 Å². The fourth-order valence-corrected chi connectivity index (χ4v) is 3.12. The number of halogens is 1. The first-order valence-corrected chi connectivity index (χ1v) is 7.32. The number of pyridine rings is 1. The lowest BCUT2D eigenvalue weighted by molar-refractivity contribution is 0.413. The molecular weight excluding hydrogens is 324 g/mol. The minimum absolute atomic E-state index is 0.865. The van der Waals surface area contributed by atoms with Gasteiger partial charge in [-0.3, -0.25) is 0 Å². The zero-order chi connectivity index (χ0) is 13.2. The summed E-state index contributed by atoms with van der Waals surface area (Å²) < 4.78 is 6.22. The number of rotatable bonds is 3. The van der Waals surface area contributed by atoms with E-state index in [2.05, 4.69) is 38.0 Å². The number of nitrogens with one attached hydrogen (secondary N) is 1. The second-order valence-corrected chi connectivity index (χ2v) is 6.01. The molecule has 0 aliphatic carbocycles. The quantitative estimate of drug-likeness (QED) is 0.767. The molecule has 0 unspecified atom stereocenters. The molecule has 0 radical (unpaired) electrons. The first-order valence-electron chi connectivity index (χ1n) is 5.71. The van der Waals surface area contributed by atoms with Crippen molar-refractivity contribution in [1.29, 1.82) is 0 Å². The molecule has 0 amide bonds. The van der Waals surface area contributed by atoms with Gasteiger partial charge in [0.25, 0.3) is 0 Å². The van der Waals surface area contributed by atoms with Gasteiger partial charge in [0.1, 0.15) is 11.4 Å². The van der Waals surface area contributed by atoms with Gasteiger partial charge in [0.05, 0.1) is 7.11 Å². The number of fused-ring (bicyclic) bond motifs is 1. The summed E-state index contributed by atoms with van der Waals surface area (Å²) in [6.07, 6.45) is 3.77. The standard InChI is InChI=1S/C14H11BrN2OS/c1-18-10-3-2-4-11(6-10)19-13-8-17-14-12(13)5-9(15)7-16-14/h2-8H,1H3,(H,16,17). The van der Waals surface area contributed by atoms with Crippen molar-refractivity contribution in [3.8, 4) is 5.75 Å². The third-order valence-corrected chi connectivity index (χ3v) is 4.21. The Labute approximate surface area is 123 Å². The second-order valence-electron chi connectivity index (χ2n) is 3.98. The van der Waals surface area contributed by atoms with Gasteiger partial charge in [0, 0.05) is 32.0 Å². The largest absolute Gasteiger partial charge is 0.497 e. The lowest BCUT2D eigenvalue weighted by Gasteiger charge is -2.03. The Kier molecular flexibility index (Phi) is 3.48. The Morgan fingerprint density at radius 2 is 2.21 bits per heavy atom. The van der Waals surface area contributed by atoms with Crippen molar-refractivity contribution in [3.05, 3.63) is 47.2 Å². The molecule has 3 rings (SSSR count). The van der Waals surface area contributed by atoms with Crippen molar-refractivity contribution in [2.45, 2.75) is 9.79 Å². The van der Waals surface area contributed by atoms with Crippen molar-refractivity contribution >= 4 is 38.7 Å². The van der Waals surface area contributed by atoms with E-state index in [9.17, 15) is 0 Å². The zero-order valence-corrected chi connectivity index (χ0v) is 12.6. The van der Waals surface area contributed by atoms with Crippen LogP contribution in [0.2, 0.25) is 0 Å². The fraction of sp³-hybridized carbons (Fsp3) is 0.0714. The maximum atomic E-state index is 5.24. The Morgan fingerprint density at radius 1 is 1.32 bits per heavy atom. The van der Waals surface area contributed by atoms with Gasteiger partial charge in [-0.2, -0.15) is 0 Å². The van der Waals surface area contributed by atoms with E-state index in [1.807, 2.05) is 24.4 Å². The zero-order valence-electron chi connectivity index (χ0n) is 10.2. The number of ether oxygens (including phenoxy) is 1. The molecule has 1 aromatic carbocycles. The number of benzene rings is 1. The average Bonchev–Trinajstić information content (AvgIpc) is 2.81. The summed E-state index contributed by atoms with van der Waals surface area (Å²) in [5.41, 5.74) is 0.897. The number of aromatic nitrogens is 2. The predicted molar refractivity (Wildman–Crippen MR) is 80.9 cm³/mol.